The standard InChI is InChI=1S/C20H18F3N3/c21-15-6-4-13(5-7-15)16-11-26(12-17(16)19-8-9-24-25-19)10-14-2-1-3-18(22)20(14)23/h1-9,16-17H,10-12H2,(H,24,25)/t16-,17+/m0/s1. The van der Waals surface area contributed by atoms with Gasteiger partial charge in [-0.2, -0.15) is 5.10 Å². The van der Waals surface area contributed by atoms with Gasteiger partial charge in [0.25, 0.3) is 0 Å². The molecule has 0 amide bonds. The number of hydrogen-bond donors (Lipinski definition) is 1. The van der Waals surface area contributed by atoms with Crippen molar-refractivity contribution in [1.29, 1.82) is 0 Å². The second-order valence-corrected chi connectivity index (χ2v) is 6.68. The Morgan fingerprint density at radius 2 is 1.73 bits per heavy atom. The molecule has 2 atom stereocenters. The van der Waals surface area contributed by atoms with Crippen LogP contribution < -0.4 is 0 Å². The van der Waals surface area contributed by atoms with E-state index < -0.39 is 11.6 Å². The number of rotatable bonds is 4. The highest BCUT2D eigenvalue weighted by Gasteiger charge is 2.36. The van der Waals surface area contributed by atoms with E-state index in [2.05, 4.69) is 15.1 Å². The van der Waals surface area contributed by atoms with E-state index in [4.69, 9.17) is 0 Å². The Kier molecular flexibility index (Phi) is 4.51. The zero-order chi connectivity index (χ0) is 18.1. The maximum atomic E-state index is 14.0. The van der Waals surface area contributed by atoms with Crippen LogP contribution in [0.15, 0.2) is 54.7 Å². The molecule has 0 spiro atoms. The predicted molar refractivity (Wildman–Crippen MR) is 92.1 cm³/mol. The molecule has 6 heteroatoms. The molecule has 0 unspecified atom stereocenters. The lowest BCUT2D eigenvalue weighted by Gasteiger charge is -2.17. The monoisotopic (exact) mass is 357 g/mol. The van der Waals surface area contributed by atoms with Crippen molar-refractivity contribution in [3.05, 3.63) is 89.0 Å². The first kappa shape index (κ1) is 16.8. The van der Waals surface area contributed by atoms with Gasteiger partial charge in [0.15, 0.2) is 11.6 Å². The van der Waals surface area contributed by atoms with Crippen LogP contribution in [-0.4, -0.2) is 28.2 Å². The second-order valence-electron chi connectivity index (χ2n) is 6.68. The number of benzene rings is 2. The number of nitrogens with one attached hydrogen (secondary N) is 1. The Bertz CT molecular complexity index is 878. The molecule has 0 aliphatic carbocycles. The second kappa shape index (κ2) is 6.96. The Morgan fingerprint density at radius 1 is 0.962 bits per heavy atom. The summed E-state index contributed by atoms with van der Waals surface area (Å²) in [6, 6.07) is 12.7. The van der Waals surface area contributed by atoms with Gasteiger partial charge in [0, 0.05) is 48.9 Å². The van der Waals surface area contributed by atoms with Crippen LogP contribution in [0.5, 0.6) is 0 Å². The normalized spacial score (nSPS) is 20.6. The van der Waals surface area contributed by atoms with E-state index in [1.54, 1.807) is 24.4 Å². The van der Waals surface area contributed by atoms with Crippen molar-refractivity contribution in [2.45, 2.75) is 18.4 Å². The molecular formula is C20H18F3N3. The van der Waals surface area contributed by atoms with Gasteiger partial charge in [0.1, 0.15) is 5.82 Å². The summed E-state index contributed by atoms with van der Waals surface area (Å²) in [6.07, 6.45) is 1.70. The molecule has 4 rings (SSSR count). The van der Waals surface area contributed by atoms with E-state index in [1.807, 2.05) is 6.07 Å². The number of aromatic nitrogens is 2. The van der Waals surface area contributed by atoms with Crippen molar-refractivity contribution in [1.82, 2.24) is 15.1 Å². The molecule has 0 radical (unpaired) electrons. The van der Waals surface area contributed by atoms with Crippen LogP contribution in [0.1, 0.15) is 28.7 Å². The summed E-state index contributed by atoms with van der Waals surface area (Å²) in [5, 5.41) is 7.04. The van der Waals surface area contributed by atoms with Crippen molar-refractivity contribution in [2.75, 3.05) is 13.1 Å². The van der Waals surface area contributed by atoms with E-state index in [1.165, 1.54) is 18.2 Å². The molecule has 1 N–H and O–H groups in total. The molecule has 1 saturated heterocycles. The molecule has 0 bridgehead atoms. The number of hydrogen-bond acceptors (Lipinski definition) is 2. The predicted octanol–water partition coefficient (Wildman–Crippen LogP) is 4.21. The average molecular weight is 357 g/mol. The Labute approximate surface area is 149 Å². The van der Waals surface area contributed by atoms with Crippen molar-refractivity contribution in [3.8, 4) is 0 Å². The zero-order valence-corrected chi connectivity index (χ0v) is 14.0. The highest BCUT2D eigenvalue weighted by atomic mass is 19.2. The summed E-state index contributed by atoms with van der Waals surface area (Å²) in [7, 11) is 0. The summed E-state index contributed by atoms with van der Waals surface area (Å²) >= 11 is 0. The molecule has 3 aromatic rings. The van der Waals surface area contributed by atoms with Gasteiger partial charge >= 0.3 is 0 Å². The molecule has 1 fully saturated rings. The largest absolute Gasteiger partial charge is 0.298 e. The lowest BCUT2D eigenvalue weighted by molar-refractivity contribution is 0.315. The maximum Gasteiger partial charge on any atom is 0.163 e. The smallest absolute Gasteiger partial charge is 0.163 e. The fourth-order valence-electron chi connectivity index (χ4n) is 3.76. The maximum absolute atomic E-state index is 14.0. The average Bonchev–Trinajstić information content (AvgIpc) is 3.29. The Hall–Kier alpha value is -2.60. The quantitative estimate of drug-likeness (QED) is 0.759. The zero-order valence-electron chi connectivity index (χ0n) is 14.0. The summed E-state index contributed by atoms with van der Waals surface area (Å²) in [6.45, 7) is 1.68. The van der Waals surface area contributed by atoms with Gasteiger partial charge in [0.05, 0.1) is 0 Å². The molecule has 134 valence electrons. The van der Waals surface area contributed by atoms with Crippen molar-refractivity contribution in [2.24, 2.45) is 0 Å². The van der Waals surface area contributed by atoms with Crippen LogP contribution in [0.25, 0.3) is 0 Å². The first-order chi connectivity index (χ1) is 12.6. The molecule has 3 nitrogen and oxygen atoms in total. The number of aromatic amines is 1. The number of H-pyrrole nitrogens is 1. The minimum atomic E-state index is -0.832. The minimum Gasteiger partial charge on any atom is -0.298 e. The Morgan fingerprint density at radius 3 is 2.46 bits per heavy atom. The highest BCUT2D eigenvalue weighted by molar-refractivity contribution is 5.29. The van der Waals surface area contributed by atoms with E-state index in [9.17, 15) is 13.2 Å². The first-order valence-corrected chi connectivity index (χ1v) is 8.52. The van der Waals surface area contributed by atoms with Gasteiger partial charge < -0.3 is 0 Å². The molecular weight excluding hydrogens is 339 g/mol. The van der Waals surface area contributed by atoms with E-state index in [-0.39, 0.29) is 17.7 Å². The van der Waals surface area contributed by atoms with E-state index in [0.29, 0.717) is 25.2 Å². The third-order valence-corrected chi connectivity index (χ3v) is 5.04. The van der Waals surface area contributed by atoms with Crippen LogP contribution in [0.2, 0.25) is 0 Å². The third-order valence-electron chi connectivity index (χ3n) is 5.04. The third kappa shape index (κ3) is 3.24. The van der Waals surface area contributed by atoms with Crippen LogP contribution in [0, 0.1) is 17.5 Å². The lowest BCUT2D eigenvalue weighted by Crippen LogP contribution is -2.21. The molecule has 1 aromatic heterocycles. The van der Waals surface area contributed by atoms with Gasteiger partial charge in [-0.1, -0.05) is 24.3 Å². The number of nitrogens with zero attached hydrogens (tertiary/aromatic N) is 2. The van der Waals surface area contributed by atoms with Crippen molar-refractivity contribution in [3.63, 3.8) is 0 Å². The van der Waals surface area contributed by atoms with Gasteiger partial charge in [-0.05, 0) is 29.8 Å². The lowest BCUT2D eigenvalue weighted by atomic mass is 9.87. The Balaban J connectivity index is 1.61. The molecule has 1 aliphatic rings. The molecule has 1 aliphatic heterocycles. The topological polar surface area (TPSA) is 31.9 Å². The highest BCUT2D eigenvalue weighted by Crippen LogP contribution is 2.39. The fraction of sp³-hybridized carbons (Fsp3) is 0.250. The summed E-state index contributed by atoms with van der Waals surface area (Å²) in [5.41, 5.74) is 2.35. The van der Waals surface area contributed by atoms with E-state index in [0.717, 1.165) is 17.3 Å². The van der Waals surface area contributed by atoms with Crippen molar-refractivity contribution >= 4 is 0 Å². The van der Waals surface area contributed by atoms with Gasteiger partial charge in [0.2, 0.25) is 0 Å². The van der Waals surface area contributed by atoms with Crippen LogP contribution in [-0.2, 0) is 6.54 Å². The van der Waals surface area contributed by atoms with Crippen LogP contribution in [0.4, 0.5) is 13.2 Å². The SMILES string of the molecule is Fc1ccc([C@@H]2CN(Cc3cccc(F)c3F)C[C@H]2c2ccn[nH]2)cc1. The molecule has 2 heterocycles. The van der Waals surface area contributed by atoms with Gasteiger partial charge in [-0.3, -0.25) is 10.00 Å². The van der Waals surface area contributed by atoms with Crippen molar-refractivity contribution < 1.29 is 13.2 Å². The van der Waals surface area contributed by atoms with Gasteiger partial charge in [-0.25, -0.2) is 13.2 Å². The molecule has 26 heavy (non-hydrogen) atoms. The summed E-state index contributed by atoms with van der Waals surface area (Å²) in [5.74, 6) is -1.66. The summed E-state index contributed by atoms with van der Waals surface area (Å²) < 4.78 is 40.8. The first-order valence-electron chi connectivity index (χ1n) is 8.52. The minimum absolute atomic E-state index is 0.118. The van der Waals surface area contributed by atoms with E-state index >= 15 is 0 Å². The summed E-state index contributed by atoms with van der Waals surface area (Å²) in [4.78, 5) is 2.09. The molecule has 0 saturated carbocycles. The molecule has 2 aromatic carbocycles. The fourth-order valence-corrected chi connectivity index (χ4v) is 3.76. The van der Waals surface area contributed by atoms with Crippen LogP contribution in [0.3, 0.4) is 0 Å². The van der Waals surface area contributed by atoms with Gasteiger partial charge in [-0.15, -0.1) is 0 Å². The number of halogens is 3. The number of likely N-dealkylation sites (tertiary alicyclic amines) is 1. The van der Waals surface area contributed by atoms with Crippen LogP contribution >= 0.6 is 0 Å².